The zero-order valence-electron chi connectivity index (χ0n) is 11.1. The van der Waals surface area contributed by atoms with Crippen LogP contribution in [0.3, 0.4) is 0 Å². The van der Waals surface area contributed by atoms with E-state index in [0.717, 1.165) is 5.56 Å². The van der Waals surface area contributed by atoms with Crippen molar-refractivity contribution in [3.8, 4) is 0 Å². The van der Waals surface area contributed by atoms with Crippen molar-refractivity contribution in [1.82, 2.24) is 0 Å². The van der Waals surface area contributed by atoms with Crippen molar-refractivity contribution in [2.24, 2.45) is 0 Å². The van der Waals surface area contributed by atoms with Crippen LogP contribution in [-0.4, -0.2) is 10.7 Å². The third-order valence-electron chi connectivity index (χ3n) is 3.48. The molecule has 5 heteroatoms. The number of halogens is 5. The van der Waals surface area contributed by atoms with E-state index in [1.807, 2.05) is 24.3 Å². The fraction of sp³-hybridized carbons (Fsp3) is 0.250. The molecule has 0 aliphatic rings. The Morgan fingerprint density at radius 1 is 0.952 bits per heavy atom. The van der Waals surface area contributed by atoms with Gasteiger partial charge in [0.15, 0.2) is 0 Å². The fourth-order valence-corrected chi connectivity index (χ4v) is 4.55. The maximum atomic E-state index is 14.2. The zero-order valence-corrected chi connectivity index (χ0v) is 15.7. The van der Waals surface area contributed by atoms with E-state index >= 15 is 0 Å². The highest BCUT2D eigenvalue weighted by Crippen LogP contribution is 2.35. The van der Waals surface area contributed by atoms with Gasteiger partial charge in [0.2, 0.25) is 0 Å². The summed E-state index contributed by atoms with van der Waals surface area (Å²) < 4.78 is 14.2. The highest BCUT2D eigenvalue weighted by Gasteiger charge is 2.33. The van der Waals surface area contributed by atoms with Crippen molar-refractivity contribution < 1.29 is 4.39 Å². The molecule has 0 amide bonds. The first-order valence-corrected chi connectivity index (χ1v) is 9.33. The van der Waals surface area contributed by atoms with Crippen LogP contribution < -0.4 is 0 Å². The monoisotopic (exact) mass is 452 g/mol. The standard InChI is InChI=1S/C16H13Br2Cl2F/c17-9-16(10-18,12-3-1-2-4-15(12)21)8-11-5-6-13(19)14(20)7-11/h1-7H,8-10H2. The molecule has 0 spiro atoms. The quantitative estimate of drug-likeness (QED) is 0.458. The van der Waals surface area contributed by atoms with Crippen LogP contribution in [0.5, 0.6) is 0 Å². The first-order chi connectivity index (χ1) is 10.0. The highest BCUT2D eigenvalue weighted by molar-refractivity contribution is 9.09. The van der Waals surface area contributed by atoms with Gasteiger partial charge in [-0.15, -0.1) is 0 Å². The van der Waals surface area contributed by atoms with Gasteiger partial charge in [0.05, 0.1) is 10.0 Å². The Hall–Kier alpha value is -0.0900. The van der Waals surface area contributed by atoms with Crippen LogP contribution in [-0.2, 0) is 11.8 Å². The molecule has 0 radical (unpaired) electrons. The minimum Gasteiger partial charge on any atom is -0.207 e. The molecule has 0 aliphatic carbocycles. The molecule has 2 aromatic rings. The topological polar surface area (TPSA) is 0 Å². The third kappa shape index (κ3) is 3.82. The lowest BCUT2D eigenvalue weighted by molar-refractivity contribution is 0.501. The van der Waals surface area contributed by atoms with Crippen LogP contribution in [0, 0.1) is 5.82 Å². The second kappa shape index (κ2) is 7.45. The van der Waals surface area contributed by atoms with Gasteiger partial charge in [0.25, 0.3) is 0 Å². The van der Waals surface area contributed by atoms with E-state index < -0.39 is 0 Å². The van der Waals surface area contributed by atoms with E-state index in [0.29, 0.717) is 32.7 Å². The van der Waals surface area contributed by atoms with Crippen LogP contribution in [0.25, 0.3) is 0 Å². The lowest BCUT2D eigenvalue weighted by atomic mass is 9.79. The van der Waals surface area contributed by atoms with Gasteiger partial charge >= 0.3 is 0 Å². The summed E-state index contributed by atoms with van der Waals surface area (Å²) in [4.78, 5) is 0. The van der Waals surface area contributed by atoms with Gasteiger partial charge in [-0.1, -0.05) is 79.3 Å². The highest BCUT2D eigenvalue weighted by atomic mass is 79.9. The average Bonchev–Trinajstić information content (AvgIpc) is 2.49. The van der Waals surface area contributed by atoms with Crippen molar-refractivity contribution in [3.05, 3.63) is 69.5 Å². The molecule has 0 fully saturated rings. The molecule has 0 nitrogen and oxygen atoms in total. The van der Waals surface area contributed by atoms with Crippen LogP contribution in [0.4, 0.5) is 4.39 Å². The van der Waals surface area contributed by atoms with Crippen LogP contribution in [0.1, 0.15) is 11.1 Å². The fourth-order valence-electron chi connectivity index (χ4n) is 2.30. The minimum atomic E-state index is -0.386. The molecule has 0 N–H and O–H groups in total. The molecule has 2 rings (SSSR count). The predicted molar refractivity (Wildman–Crippen MR) is 95.8 cm³/mol. The molecule has 0 saturated heterocycles. The van der Waals surface area contributed by atoms with E-state index in [1.54, 1.807) is 12.1 Å². The molecule has 0 aromatic heterocycles. The smallest absolute Gasteiger partial charge is 0.127 e. The molecular weight excluding hydrogens is 442 g/mol. The maximum Gasteiger partial charge on any atom is 0.127 e. The Balaban J connectivity index is 2.43. The summed E-state index contributed by atoms with van der Waals surface area (Å²) in [5, 5.41) is 2.30. The van der Waals surface area contributed by atoms with Crippen molar-refractivity contribution in [2.45, 2.75) is 11.8 Å². The number of benzene rings is 2. The second-order valence-electron chi connectivity index (χ2n) is 4.95. The Labute approximate surface area is 150 Å². The summed E-state index contributed by atoms with van der Waals surface area (Å²) in [6, 6.07) is 12.4. The van der Waals surface area contributed by atoms with E-state index in [4.69, 9.17) is 23.2 Å². The molecule has 21 heavy (non-hydrogen) atoms. The summed E-state index contributed by atoms with van der Waals surface area (Å²) >= 11 is 19.1. The van der Waals surface area contributed by atoms with Crippen LogP contribution >= 0.6 is 55.1 Å². The molecule has 0 atom stereocenters. The van der Waals surface area contributed by atoms with Gasteiger partial charge in [0.1, 0.15) is 5.82 Å². The molecular formula is C16H13Br2Cl2F. The molecule has 112 valence electrons. The SMILES string of the molecule is Fc1ccccc1C(CBr)(CBr)Cc1ccc(Cl)c(Cl)c1. The number of alkyl halides is 2. The van der Waals surface area contributed by atoms with E-state index in [1.165, 1.54) is 6.07 Å². The van der Waals surface area contributed by atoms with Gasteiger partial charge in [-0.2, -0.15) is 0 Å². The van der Waals surface area contributed by atoms with Gasteiger partial charge in [-0.05, 0) is 35.7 Å². The summed E-state index contributed by atoms with van der Waals surface area (Å²) in [7, 11) is 0. The van der Waals surface area contributed by atoms with Crippen molar-refractivity contribution in [1.29, 1.82) is 0 Å². The molecule has 0 bridgehead atoms. The van der Waals surface area contributed by atoms with Gasteiger partial charge < -0.3 is 0 Å². The first-order valence-electron chi connectivity index (χ1n) is 6.33. The predicted octanol–water partition coefficient (Wildman–Crippen LogP) is 6.40. The van der Waals surface area contributed by atoms with Gasteiger partial charge in [0, 0.05) is 16.1 Å². The first kappa shape index (κ1) is 17.3. The molecule has 2 aromatic carbocycles. The van der Waals surface area contributed by atoms with Crippen LogP contribution in [0.15, 0.2) is 42.5 Å². The second-order valence-corrected chi connectivity index (χ2v) is 6.89. The van der Waals surface area contributed by atoms with Gasteiger partial charge in [-0.3, -0.25) is 0 Å². The van der Waals surface area contributed by atoms with Crippen molar-refractivity contribution in [2.75, 3.05) is 10.7 Å². The third-order valence-corrected chi connectivity index (χ3v) is 6.37. The molecule has 0 saturated carbocycles. The lowest BCUT2D eigenvalue weighted by Crippen LogP contribution is -2.34. The average molecular weight is 455 g/mol. The maximum absolute atomic E-state index is 14.2. The number of hydrogen-bond donors (Lipinski definition) is 0. The Morgan fingerprint density at radius 3 is 2.19 bits per heavy atom. The molecule has 0 aliphatic heterocycles. The summed E-state index contributed by atoms with van der Waals surface area (Å²) in [6.07, 6.45) is 0.654. The zero-order chi connectivity index (χ0) is 15.5. The van der Waals surface area contributed by atoms with E-state index in [2.05, 4.69) is 31.9 Å². The Morgan fingerprint density at radius 2 is 1.62 bits per heavy atom. The van der Waals surface area contributed by atoms with Crippen LogP contribution in [0.2, 0.25) is 10.0 Å². The van der Waals surface area contributed by atoms with Gasteiger partial charge in [-0.25, -0.2) is 4.39 Å². The van der Waals surface area contributed by atoms with E-state index in [9.17, 15) is 4.39 Å². The minimum absolute atomic E-state index is 0.198. The van der Waals surface area contributed by atoms with E-state index in [-0.39, 0.29) is 11.2 Å². The number of rotatable bonds is 5. The Kier molecular flexibility index (Phi) is 6.13. The number of hydrogen-bond acceptors (Lipinski definition) is 0. The molecule has 0 heterocycles. The lowest BCUT2D eigenvalue weighted by Gasteiger charge is -2.31. The summed E-state index contributed by atoms with van der Waals surface area (Å²) in [6.45, 7) is 0. The summed E-state index contributed by atoms with van der Waals surface area (Å²) in [5.74, 6) is -0.198. The Bertz CT molecular complexity index is 627. The largest absolute Gasteiger partial charge is 0.207 e. The normalized spacial score (nSPS) is 11.7. The summed E-state index contributed by atoms with van der Waals surface area (Å²) in [5.41, 5.74) is 1.32. The molecule has 0 unspecified atom stereocenters. The van der Waals surface area contributed by atoms with Crippen molar-refractivity contribution in [3.63, 3.8) is 0 Å². The van der Waals surface area contributed by atoms with Crippen molar-refractivity contribution >= 4 is 55.1 Å².